The Labute approximate surface area is 114 Å². The first-order chi connectivity index (χ1) is 9.11. The van der Waals surface area contributed by atoms with Gasteiger partial charge in [0, 0.05) is 12.1 Å². The summed E-state index contributed by atoms with van der Waals surface area (Å²) in [5.74, 6) is 0.338. The Morgan fingerprint density at radius 1 is 1.35 bits per heavy atom. The Balaban J connectivity index is 3.04. The fourth-order valence-electron chi connectivity index (χ4n) is 2.09. The number of hydrogen-bond acceptors (Lipinski definition) is 3. The summed E-state index contributed by atoms with van der Waals surface area (Å²) in [6, 6.07) is 2.77. The molecule has 1 unspecified atom stereocenters. The van der Waals surface area contributed by atoms with Crippen LogP contribution in [0.3, 0.4) is 0 Å². The van der Waals surface area contributed by atoms with Crippen LogP contribution in [0.1, 0.15) is 31.4 Å². The highest BCUT2D eigenvalue weighted by molar-refractivity contribution is 5.44. The molecule has 0 aliphatic carbocycles. The van der Waals surface area contributed by atoms with Crippen LogP contribution in [0.2, 0.25) is 0 Å². The second kappa shape index (κ2) is 6.21. The zero-order valence-electron chi connectivity index (χ0n) is 11.3. The van der Waals surface area contributed by atoms with Crippen LogP contribution < -0.4 is 5.73 Å². The maximum Gasteiger partial charge on any atom is 0.423 e. The van der Waals surface area contributed by atoms with Gasteiger partial charge in [-0.3, -0.25) is 10.1 Å². The molecule has 20 heavy (non-hydrogen) atoms. The molecule has 1 aromatic carbocycles. The van der Waals surface area contributed by atoms with Gasteiger partial charge in [-0.2, -0.15) is 13.2 Å². The van der Waals surface area contributed by atoms with E-state index in [1.807, 2.05) is 13.8 Å². The largest absolute Gasteiger partial charge is 0.423 e. The number of benzene rings is 1. The third kappa shape index (κ3) is 4.48. The second-order valence-electron chi connectivity index (χ2n) is 5.20. The van der Waals surface area contributed by atoms with Gasteiger partial charge in [0.15, 0.2) is 0 Å². The number of hydrogen-bond donors (Lipinski definition) is 1. The zero-order chi connectivity index (χ0) is 15.5. The average molecular weight is 290 g/mol. The van der Waals surface area contributed by atoms with Crippen LogP contribution in [0, 0.1) is 16.0 Å². The Bertz CT molecular complexity index is 487. The van der Waals surface area contributed by atoms with Crippen LogP contribution in [0.5, 0.6) is 0 Å². The van der Waals surface area contributed by atoms with Crippen molar-refractivity contribution in [2.24, 2.45) is 11.7 Å². The van der Waals surface area contributed by atoms with E-state index in [1.165, 1.54) is 6.07 Å². The van der Waals surface area contributed by atoms with Gasteiger partial charge in [-0.25, -0.2) is 0 Å². The van der Waals surface area contributed by atoms with Gasteiger partial charge in [0.2, 0.25) is 0 Å². The van der Waals surface area contributed by atoms with Crippen LogP contribution in [0.25, 0.3) is 0 Å². The molecular formula is C13H17F3N2O2. The van der Waals surface area contributed by atoms with E-state index >= 15 is 0 Å². The third-order valence-electron chi connectivity index (χ3n) is 2.84. The topological polar surface area (TPSA) is 69.2 Å². The lowest BCUT2D eigenvalue weighted by Crippen LogP contribution is -2.25. The van der Waals surface area contributed by atoms with Crippen molar-refractivity contribution in [2.75, 3.05) is 0 Å². The Morgan fingerprint density at radius 3 is 2.40 bits per heavy atom. The Hall–Kier alpha value is -1.63. The van der Waals surface area contributed by atoms with Gasteiger partial charge >= 0.3 is 6.18 Å². The molecule has 0 heterocycles. The Morgan fingerprint density at radius 2 is 1.95 bits per heavy atom. The van der Waals surface area contributed by atoms with Crippen LogP contribution >= 0.6 is 0 Å². The van der Waals surface area contributed by atoms with Gasteiger partial charge in [0.05, 0.1) is 4.92 Å². The maximum atomic E-state index is 12.8. The summed E-state index contributed by atoms with van der Waals surface area (Å²) in [6.45, 7) is 3.94. The molecule has 1 atom stereocenters. The third-order valence-corrected chi connectivity index (χ3v) is 2.84. The van der Waals surface area contributed by atoms with Crippen LogP contribution in [0.15, 0.2) is 18.2 Å². The highest BCUT2D eigenvalue weighted by atomic mass is 19.4. The van der Waals surface area contributed by atoms with E-state index < -0.39 is 22.4 Å². The fraction of sp³-hybridized carbons (Fsp3) is 0.538. The summed E-state index contributed by atoms with van der Waals surface area (Å²) in [6.07, 6.45) is -3.81. The highest BCUT2D eigenvalue weighted by Crippen LogP contribution is 2.36. The molecule has 7 heteroatoms. The molecule has 0 amide bonds. The van der Waals surface area contributed by atoms with Gasteiger partial charge in [-0.05, 0) is 30.4 Å². The summed E-state index contributed by atoms with van der Waals surface area (Å²) in [7, 11) is 0. The first-order valence-corrected chi connectivity index (χ1v) is 6.21. The fourth-order valence-corrected chi connectivity index (χ4v) is 2.09. The molecule has 0 bridgehead atoms. The lowest BCUT2D eigenvalue weighted by atomic mass is 9.96. The second-order valence-corrected chi connectivity index (χ2v) is 5.20. The standard InChI is InChI=1S/C13H17F3N2O2/c1-8(2)5-10(17)6-9-3-4-12(18(19)20)11(7-9)13(14,15)16/h3-4,7-8,10H,5-6,17H2,1-2H3. The lowest BCUT2D eigenvalue weighted by molar-refractivity contribution is -0.388. The van der Waals surface area contributed by atoms with E-state index in [4.69, 9.17) is 5.73 Å². The summed E-state index contributed by atoms with van der Waals surface area (Å²) >= 11 is 0. The molecule has 0 aliphatic heterocycles. The van der Waals surface area contributed by atoms with Crippen LogP contribution in [-0.2, 0) is 12.6 Å². The first kappa shape index (κ1) is 16.4. The summed E-state index contributed by atoms with van der Waals surface area (Å²) < 4.78 is 38.4. The van der Waals surface area contributed by atoms with Gasteiger partial charge in [-0.15, -0.1) is 0 Å². The van der Waals surface area contributed by atoms with Crippen molar-refractivity contribution in [1.29, 1.82) is 0 Å². The molecule has 1 aromatic rings. The van der Waals surface area contributed by atoms with Crippen molar-refractivity contribution in [1.82, 2.24) is 0 Å². The van der Waals surface area contributed by atoms with Gasteiger partial charge in [0.1, 0.15) is 5.56 Å². The van der Waals surface area contributed by atoms with E-state index in [2.05, 4.69) is 0 Å². The van der Waals surface area contributed by atoms with E-state index in [9.17, 15) is 23.3 Å². The van der Waals surface area contributed by atoms with Crippen molar-refractivity contribution >= 4 is 5.69 Å². The number of nitro benzene ring substituents is 1. The molecule has 0 saturated carbocycles. The molecule has 0 aliphatic rings. The van der Waals surface area contributed by atoms with Crippen molar-refractivity contribution < 1.29 is 18.1 Å². The molecule has 0 fully saturated rings. The van der Waals surface area contributed by atoms with E-state index in [1.54, 1.807) is 0 Å². The normalized spacial score (nSPS) is 13.6. The average Bonchev–Trinajstić information content (AvgIpc) is 2.25. The van der Waals surface area contributed by atoms with Gasteiger partial charge < -0.3 is 5.73 Å². The molecule has 0 saturated heterocycles. The van der Waals surface area contributed by atoms with Crippen molar-refractivity contribution in [3.8, 4) is 0 Å². The number of rotatable bonds is 5. The van der Waals surface area contributed by atoms with Crippen molar-refractivity contribution in [3.63, 3.8) is 0 Å². The quantitative estimate of drug-likeness (QED) is 0.666. The van der Waals surface area contributed by atoms with Crippen molar-refractivity contribution in [2.45, 2.75) is 38.9 Å². The Kier molecular flexibility index (Phi) is 5.10. The highest BCUT2D eigenvalue weighted by Gasteiger charge is 2.38. The van der Waals surface area contributed by atoms with Gasteiger partial charge in [-0.1, -0.05) is 19.9 Å². The smallest absolute Gasteiger partial charge is 0.327 e. The number of alkyl halides is 3. The molecular weight excluding hydrogens is 273 g/mol. The lowest BCUT2D eigenvalue weighted by Gasteiger charge is -2.15. The van der Waals surface area contributed by atoms with E-state index in [0.29, 0.717) is 17.9 Å². The monoisotopic (exact) mass is 290 g/mol. The van der Waals surface area contributed by atoms with Crippen molar-refractivity contribution in [3.05, 3.63) is 39.4 Å². The molecule has 112 valence electrons. The number of nitro groups is 1. The summed E-state index contributed by atoms with van der Waals surface area (Å²) in [4.78, 5) is 9.60. The zero-order valence-corrected chi connectivity index (χ0v) is 11.3. The molecule has 4 nitrogen and oxygen atoms in total. The summed E-state index contributed by atoms with van der Waals surface area (Å²) in [5.41, 5.74) is 4.05. The predicted octanol–water partition coefficient (Wildman–Crippen LogP) is 3.53. The molecule has 0 aromatic heterocycles. The number of halogens is 3. The minimum atomic E-state index is -4.75. The number of nitrogens with zero attached hydrogens (tertiary/aromatic N) is 1. The molecule has 2 N–H and O–H groups in total. The van der Waals surface area contributed by atoms with Gasteiger partial charge in [0.25, 0.3) is 5.69 Å². The molecule has 1 rings (SSSR count). The predicted molar refractivity (Wildman–Crippen MR) is 69.2 cm³/mol. The first-order valence-electron chi connectivity index (χ1n) is 6.21. The SMILES string of the molecule is CC(C)CC(N)Cc1ccc([N+](=O)[O-])c(C(F)(F)F)c1. The molecule has 0 spiro atoms. The molecule has 0 radical (unpaired) electrons. The number of nitrogens with two attached hydrogens (primary N) is 1. The maximum absolute atomic E-state index is 12.8. The van der Waals surface area contributed by atoms with E-state index in [0.717, 1.165) is 12.1 Å². The van der Waals surface area contributed by atoms with Crippen LogP contribution in [0.4, 0.5) is 18.9 Å². The summed E-state index contributed by atoms with van der Waals surface area (Å²) in [5, 5.41) is 10.6. The minimum absolute atomic E-state index is 0.263. The van der Waals surface area contributed by atoms with Crippen LogP contribution in [-0.4, -0.2) is 11.0 Å². The van der Waals surface area contributed by atoms with E-state index in [-0.39, 0.29) is 12.5 Å². The minimum Gasteiger partial charge on any atom is -0.327 e.